The Kier molecular flexibility index (Phi) is 4.88. The van der Waals surface area contributed by atoms with E-state index in [4.69, 9.17) is 9.63 Å². The molecule has 2 N–H and O–H groups in total. The SMILES string of the molecule is CC(C)C(NC(=O)Cc1ccccc1C(=O)O)c1ncon1. The van der Waals surface area contributed by atoms with Gasteiger partial charge in [0.2, 0.25) is 12.3 Å². The summed E-state index contributed by atoms with van der Waals surface area (Å²) in [6.07, 6.45) is 1.18. The number of aromatic carboxylic acids is 1. The van der Waals surface area contributed by atoms with Crippen molar-refractivity contribution in [1.29, 1.82) is 0 Å². The molecule has 0 fully saturated rings. The summed E-state index contributed by atoms with van der Waals surface area (Å²) in [6, 6.07) is 6.05. The fourth-order valence-electron chi connectivity index (χ4n) is 2.13. The third-order valence-electron chi connectivity index (χ3n) is 3.24. The first-order valence-corrected chi connectivity index (χ1v) is 6.86. The summed E-state index contributed by atoms with van der Waals surface area (Å²) in [4.78, 5) is 27.3. The summed E-state index contributed by atoms with van der Waals surface area (Å²) in [5.41, 5.74) is 0.585. The van der Waals surface area contributed by atoms with Crippen LogP contribution in [0.25, 0.3) is 0 Å². The summed E-state index contributed by atoms with van der Waals surface area (Å²) in [6.45, 7) is 3.85. The Hall–Kier alpha value is -2.70. The van der Waals surface area contributed by atoms with Gasteiger partial charge in [-0.2, -0.15) is 4.98 Å². The number of carbonyl (C=O) groups excluding carboxylic acids is 1. The molecule has 116 valence electrons. The molecule has 0 bridgehead atoms. The van der Waals surface area contributed by atoms with Crippen molar-refractivity contribution in [1.82, 2.24) is 15.5 Å². The van der Waals surface area contributed by atoms with Crippen LogP contribution >= 0.6 is 0 Å². The average molecular weight is 303 g/mol. The lowest BCUT2D eigenvalue weighted by Gasteiger charge is -2.19. The van der Waals surface area contributed by atoms with Gasteiger partial charge in [0.05, 0.1) is 18.0 Å². The summed E-state index contributed by atoms with van der Waals surface area (Å²) in [5, 5.41) is 15.7. The largest absolute Gasteiger partial charge is 0.478 e. The van der Waals surface area contributed by atoms with Crippen molar-refractivity contribution >= 4 is 11.9 Å². The molecule has 1 aromatic heterocycles. The van der Waals surface area contributed by atoms with Gasteiger partial charge >= 0.3 is 5.97 Å². The number of nitrogens with one attached hydrogen (secondary N) is 1. The van der Waals surface area contributed by atoms with Crippen molar-refractivity contribution in [2.75, 3.05) is 0 Å². The highest BCUT2D eigenvalue weighted by molar-refractivity contribution is 5.91. The maximum atomic E-state index is 12.2. The molecule has 0 aliphatic rings. The molecular formula is C15H17N3O4. The highest BCUT2D eigenvalue weighted by atomic mass is 16.5. The molecule has 1 atom stereocenters. The lowest BCUT2D eigenvalue weighted by molar-refractivity contribution is -0.121. The van der Waals surface area contributed by atoms with Crippen LogP contribution in [0.3, 0.4) is 0 Å². The number of aromatic nitrogens is 2. The van der Waals surface area contributed by atoms with Crippen LogP contribution in [0.1, 0.15) is 41.6 Å². The van der Waals surface area contributed by atoms with E-state index in [1.54, 1.807) is 18.2 Å². The number of hydrogen-bond donors (Lipinski definition) is 2. The number of carboxylic acid groups (broad SMARTS) is 1. The first-order chi connectivity index (χ1) is 10.5. The number of nitrogens with zero attached hydrogens (tertiary/aromatic N) is 2. The van der Waals surface area contributed by atoms with Crippen LogP contribution in [-0.4, -0.2) is 27.1 Å². The molecule has 22 heavy (non-hydrogen) atoms. The topological polar surface area (TPSA) is 105 Å². The lowest BCUT2D eigenvalue weighted by atomic mass is 10.0. The minimum atomic E-state index is -1.05. The summed E-state index contributed by atoms with van der Waals surface area (Å²) in [5.74, 6) is -0.884. The Balaban J connectivity index is 2.11. The van der Waals surface area contributed by atoms with Crippen molar-refractivity contribution in [2.24, 2.45) is 5.92 Å². The number of carboxylic acids is 1. The standard InChI is InChI=1S/C15H17N3O4/c1-9(2)13(14-16-8-22-18-14)17-12(19)7-10-5-3-4-6-11(10)15(20)21/h3-6,8-9,13H,7H2,1-2H3,(H,17,19)(H,20,21). The van der Waals surface area contributed by atoms with Crippen molar-refractivity contribution < 1.29 is 19.2 Å². The summed E-state index contributed by atoms with van der Waals surface area (Å²) >= 11 is 0. The molecule has 1 unspecified atom stereocenters. The van der Waals surface area contributed by atoms with Gasteiger partial charge in [-0.3, -0.25) is 4.79 Å². The van der Waals surface area contributed by atoms with E-state index in [9.17, 15) is 9.59 Å². The van der Waals surface area contributed by atoms with Gasteiger partial charge in [0, 0.05) is 0 Å². The molecule has 0 spiro atoms. The molecular weight excluding hydrogens is 286 g/mol. The zero-order chi connectivity index (χ0) is 16.1. The molecule has 0 radical (unpaired) electrons. The van der Waals surface area contributed by atoms with Gasteiger partial charge in [-0.05, 0) is 17.5 Å². The summed E-state index contributed by atoms with van der Waals surface area (Å²) in [7, 11) is 0. The Morgan fingerprint density at radius 2 is 2.05 bits per heavy atom. The van der Waals surface area contributed by atoms with E-state index in [1.807, 2.05) is 13.8 Å². The molecule has 7 heteroatoms. The van der Waals surface area contributed by atoms with Crippen molar-refractivity contribution in [3.63, 3.8) is 0 Å². The third-order valence-corrected chi connectivity index (χ3v) is 3.24. The average Bonchev–Trinajstić information content (AvgIpc) is 2.98. The summed E-state index contributed by atoms with van der Waals surface area (Å²) < 4.78 is 4.71. The van der Waals surface area contributed by atoms with E-state index in [1.165, 1.54) is 12.5 Å². The highest BCUT2D eigenvalue weighted by Gasteiger charge is 2.23. The number of carbonyl (C=O) groups is 2. The smallest absolute Gasteiger partial charge is 0.335 e. The zero-order valence-electron chi connectivity index (χ0n) is 12.3. The van der Waals surface area contributed by atoms with Gasteiger partial charge in [0.25, 0.3) is 0 Å². The fourth-order valence-corrected chi connectivity index (χ4v) is 2.13. The van der Waals surface area contributed by atoms with E-state index in [-0.39, 0.29) is 29.9 Å². The first kappa shape index (κ1) is 15.7. The lowest BCUT2D eigenvalue weighted by Crippen LogP contribution is -2.33. The van der Waals surface area contributed by atoms with Crippen molar-refractivity contribution in [3.8, 4) is 0 Å². The molecule has 1 heterocycles. The van der Waals surface area contributed by atoms with Crippen LogP contribution in [0.4, 0.5) is 0 Å². The monoisotopic (exact) mass is 303 g/mol. The highest BCUT2D eigenvalue weighted by Crippen LogP contribution is 2.18. The fraction of sp³-hybridized carbons (Fsp3) is 0.333. The van der Waals surface area contributed by atoms with Crippen LogP contribution in [0.15, 0.2) is 35.2 Å². The molecule has 0 aliphatic carbocycles. The van der Waals surface area contributed by atoms with Gasteiger partial charge in [-0.15, -0.1) is 0 Å². The second-order valence-corrected chi connectivity index (χ2v) is 5.22. The Morgan fingerprint density at radius 3 is 2.64 bits per heavy atom. The van der Waals surface area contributed by atoms with E-state index in [0.29, 0.717) is 11.4 Å². The van der Waals surface area contributed by atoms with E-state index in [0.717, 1.165) is 0 Å². The maximum absolute atomic E-state index is 12.2. The quantitative estimate of drug-likeness (QED) is 0.843. The number of rotatable bonds is 6. The van der Waals surface area contributed by atoms with Crippen LogP contribution in [0.5, 0.6) is 0 Å². The van der Waals surface area contributed by atoms with Gasteiger partial charge in [-0.1, -0.05) is 37.2 Å². The maximum Gasteiger partial charge on any atom is 0.335 e. The normalized spacial score (nSPS) is 12.1. The van der Waals surface area contributed by atoms with Gasteiger partial charge < -0.3 is 14.9 Å². The minimum absolute atomic E-state index is 0.0243. The minimum Gasteiger partial charge on any atom is -0.478 e. The second kappa shape index (κ2) is 6.84. The van der Waals surface area contributed by atoms with E-state index < -0.39 is 5.97 Å². The first-order valence-electron chi connectivity index (χ1n) is 6.86. The zero-order valence-corrected chi connectivity index (χ0v) is 12.3. The molecule has 7 nitrogen and oxygen atoms in total. The second-order valence-electron chi connectivity index (χ2n) is 5.22. The van der Waals surface area contributed by atoms with Gasteiger partial charge in [-0.25, -0.2) is 4.79 Å². The molecule has 0 aliphatic heterocycles. The van der Waals surface area contributed by atoms with Crippen LogP contribution < -0.4 is 5.32 Å². The Labute approximate surface area is 127 Å². The molecule has 0 saturated heterocycles. The van der Waals surface area contributed by atoms with Gasteiger partial charge in [0.15, 0.2) is 5.82 Å². The number of hydrogen-bond acceptors (Lipinski definition) is 5. The molecule has 1 aromatic carbocycles. The molecule has 2 aromatic rings. The number of amides is 1. The predicted molar refractivity (Wildman–Crippen MR) is 77.1 cm³/mol. The van der Waals surface area contributed by atoms with Crippen molar-refractivity contribution in [3.05, 3.63) is 47.6 Å². The predicted octanol–water partition coefficient (Wildman–Crippen LogP) is 1.82. The van der Waals surface area contributed by atoms with E-state index >= 15 is 0 Å². The van der Waals surface area contributed by atoms with Crippen molar-refractivity contribution in [2.45, 2.75) is 26.3 Å². The van der Waals surface area contributed by atoms with Crippen LogP contribution in [-0.2, 0) is 11.2 Å². The molecule has 0 saturated carbocycles. The molecule has 1 amide bonds. The Morgan fingerprint density at radius 1 is 1.32 bits per heavy atom. The number of benzene rings is 1. The third kappa shape index (κ3) is 3.69. The van der Waals surface area contributed by atoms with E-state index in [2.05, 4.69) is 15.5 Å². The van der Waals surface area contributed by atoms with Crippen LogP contribution in [0, 0.1) is 5.92 Å². The Bertz CT molecular complexity index is 653. The molecule has 2 rings (SSSR count). The van der Waals surface area contributed by atoms with Gasteiger partial charge in [0.1, 0.15) is 0 Å². The van der Waals surface area contributed by atoms with Crippen LogP contribution in [0.2, 0.25) is 0 Å².